The van der Waals surface area contributed by atoms with Gasteiger partial charge in [-0.05, 0) is 18.7 Å². The molecule has 0 aliphatic rings. The molecular formula is C15H22N2S. The molecule has 3 heteroatoms. The molecule has 0 aliphatic carbocycles. The van der Waals surface area contributed by atoms with Gasteiger partial charge in [0.2, 0.25) is 0 Å². The molecule has 0 fully saturated rings. The zero-order chi connectivity index (χ0) is 13.2. The lowest BCUT2D eigenvalue weighted by molar-refractivity contribution is 0.324. The van der Waals surface area contributed by atoms with E-state index in [9.17, 15) is 0 Å². The number of hydrogen-bond acceptors (Lipinski definition) is 3. The molecule has 0 spiro atoms. The van der Waals surface area contributed by atoms with E-state index in [0.717, 1.165) is 25.4 Å². The SMILES string of the molecule is CCN(CC)CCSC(CC#N)c1ccccc1. The third kappa shape index (κ3) is 5.12. The fraction of sp³-hybridized carbons (Fsp3) is 0.533. The molecule has 1 aromatic rings. The summed E-state index contributed by atoms with van der Waals surface area (Å²) in [7, 11) is 0. The van der Waals surface area contributed by atoms with E-state index in [1.54, 1.807) is 0 Å². The molecule has 0 bridgehead atoms. The van der Waals surface area contributed by atoms with Gasteiger partial charge in [-0.2, -0.15) is 17.0 Å². The van der Waals surface area contributed by atoms with Crippen LogP contribution in [0.1, 0.15) is 31.1 Å². The highest BCUT2D eigenvalue weighted by Gasteiger charge is 2.11. The summed E-state index contributed by atoms with van der Waals surface area (Å²) in [5.41, 5.74) is 1.27. The van der Waals surface area contributed by atoms with Crippen LogP contribution in [0.15, 0.2) is 30.3 Å². The van der Waals surface area contributed by atoms with E-state index in [2.05, 4.69) is 36.9 Å². The molecule has 1 atom stereocenters. The largest absolute Gasteiger partial charge is 0.303 e. The summed E-state index contributed by atoms with van der Waals surface area (Å²) in [6, 6.07) is 12.6. The summed E-state index contributed by atoms with van der Waals surface area (Å²) in [5.74, 6) is 1.09. The average Bonchev–Trinajstić information content (AvgIpc) is 2.43. The summed E-state index contributed by atoms with van der Waals surface area (Å²) >= 11 is 1.89. The number of nitriles is 1. The van der Waals surface area contributed by atoms with Crippen LogP contribution in [-0.4, -0.2) is 30.3 Å². The highest BCUT2D eigenvalue weighted by Crippen LogP contribution is 2.31. The van der Waals surface area contributed by atoms with Gasteiger partial charge in [-0.3, -0.25) is 0 Å². The van der Waals surface area contributed by atoms with Gasteiger partial charge < -0.3 is 4.90 Å². The number of nitrogens with zero attached hydrogens (tertiary/aromatic N) is 2. The van der Waals surface area contributed by atoms with Crippen LogP contribution in [0.5, 0.6) is 0 Å². The Morgan fingerprint density at radius 3 is 2.44 bits per heavy atom. The molecular weight excluding hydrogens is 240 g/mol. The minimum atomic E-state index is 0.312. The highest BCUT2D eigenvalue weighted by molar-refractivity contribution is 7.99. The predicted molar refractivity (Wildman–Crippen MR) is 79.7 cm³/mol. The van der Waals surface area contributed by atoms with Crippen LogP contribution in [0.4, 0.5) is 0 Å². The Bertz CT molecular complexity index is 355. The van der Waals surface area contributed by atoms with Crippen molar-refractivity contribution in [3.8, 4) is 6.07 Å². The van der Waals surface area contributed by atoms with Crippen molar-refractivity contribution in [2.45, 2.75) is 25.5 Å². The molecule has 0 radical (unpaired) electrons. The molecule has 1 aromatic carbocycles. The summed E-state index contributed by atoms with van der Waals surface area (Å²) < 4.78 is 0. The zero-order valence-corrected chi connectivity index (χ0v) is 12.1. The standard InChI is InChI=1S/C15H22N2S/c1-3-17(4-2)12-13-18-15(10-11-16)14-8-6-5-7-9-14/h5-9,15H,3-4,10,12-13H2,1-2H3. The van der Waals surface area contributed by atoms with Crippen LogP contribution in [-0.2, 0) is 0 Å². The number of hydrogen-bond donors (Lipinski definition) is 0. The first-order valence-electron chi connectivity index (χ1n) is 6.57. The number of benzene rings is 1. The Balaban J connectivity index is 2.47. The van der Waals surface area contributed by atoms with Gasteiger partial charge >= 0.3 is 0 Å². The molecule has 2 nitrogen and oxygen atoms in total. The van der Waals surface area contributed by atoms with Gasteiger partial charge in [0.15, 0.2) is 0 Å². The third-order valence-corrected chi connectivity index (χ3v) is 4.33. The van der Waals surface area contributed by atoms with Gasteiger partial charge in [0.25, 0.3) is 0 Å². The van der Waals surface area contributed by atoms with Crippen LogP contribution in [0, 0.1) is 11.3 Å². The van der Waals surface area contributed by atoms with Crippen LogP contribution < -0.4 is 0 Å². The molecule has 0 amide bonds. The monoisotopic (exact) mass is 262 g/mol. The molecule has 0 aromatic heterocycles. The highest BCUT2D eigenvalue weighted by atomic mass is 32.2. The first kappa shape index (κ1) is 15.1. The van der Waals surface area contributed by atoms with Crippen molar-refractivity contribution < 1.29 is 0 Å². The lowest BCUT2D eigenvalue weighted by atomic mass is 10.1. The molecule has 18 heavy (non-hydrogen) atoms. The second-order valence-corrected chi connectivity index (χ2v) is 5.47. The maximum atomic E-state index is 8.93. The topological polar surface area (TPSA) is 27.0 Å². The van der Waals surface area contributed by atoms with Crippen LogP contribution in [0.3, 0.4) is 0 Å². The summed E-state index contributed by atoms with van der Waals surface area (Å²) in [6.45, 7) is 7.69. The number of thioether (sulfide) groups is 1. The Hall–Kier alpha value is -0.980. The lowest BCUT2D eigenvalue weighted by Crippen LogP contribution is -2.25. The molecule has 0 saturated carbocycles. The average molecular weight is 262 g/mol. The van der Waals surface area contributed by atoms with Gasteiger partial charge in [-0.15, -0.1) is 0 Å². The Kier molecular flexibility index (Phi) is 7.55. The normalized spacial score (nSPS) is 12.3. The van der Waals surface area contributed by atoms with Crippen molar-refractivity contribution in [2.24, 2.45) is 0 Å². The minimum absolute atomic E-state index is 0.312. The predicted octanol–water partition coefficient (Wildman–Crippen LogP) is 3.72. The van der Waals surface area contributed by atoms with Crippen molar-refractivity contribution in [1.29, 1.82) is 5.26 Å². The van der Waals surface area contributed by atoms with E-state index in [-0.39, 0.29) is 0 Å². The van der Waals surface area contributed by atoms with Gasteiger partial charge in [-0.25, -0.2) is 0 Å². The smallest absolute Gasteiger partial charge is 0.0636 e. The quantitative estimate of drug-likeness (QED) is 0.714. The second-order valence-electron chi connectivity index (χ2n) is 4.16. The Labute approximate surface area is 115 Å². The van der Waals surface area contributed by atoms with E-state index in [4.69, 9.17) is 5.26 Å². The van der Waals surface area contributed by atoms with Crippen LogP contribution in [0.25, 0.3) is 0 Å². The molecule has 0 N–H and O–H groups in total. The Morgan fingerprint density at radius 2 is 1.89 bits per heavy atom. The summed E-state index contributed by atoms with van der Waals surface area (Å²) in [5, 5.41) is 9.24. The van der Waals surface area contributed by atoms with Gasteiger partial charge in [-0.1, -0.05) is 44.2 Å². The van der Waals surface area contributed by atoms with E-state index < -0.39 is 0 Å². The van der Waals surface area contributed by atoms with Gasteiger partial charge in [0, 0.05) is 17.5 Å². The van der Waals surface area contributed by atoms with Gasteiger partial charge in [0.05, 0.1) is 12.5 Å². The summed E-state index contributed by atoms with van der Waals surface area (Å²) in [4.78, 5) is 2.42. The van der Waals surface area contributed by atoms with E-state index in [1.165, 1.54) is 5.56 Å². The molecule has 1 unspecified atom stereocenters. The molecule has 0 saturated heterocycles. The van der Waals surface area contributed by atoms with Crippen molar-refractivity contribution in [2.75, 3.05) is 25.4 Å². The van der Waals surface area contributed by atoms with E-state index in [1.807, 2.05) is 30.0 Å². The lowest BCUT2D eigenvalue weighted by Gasteiger charge is -2.19. The molecule has 0 heterocycles. The number of rotatable bonds is 8. The van der Waals surface area contributed by atoms with Crippen molar-refractivity contribution in [3.05, 3.63) is 35.9 Å². The maximum Gasteiger partial charge on any atom is 0.0636 e. The zero-order valence-electron chi connectivity index (χ0n) is 11.3. The fourth-order valence-electron chi connectivity index (χ4n) is 1.89. The summed E-state index contributed by atoms with van der Waals surface area (Å²) in [6.07, 6.45) is 0.590. The third-order valence-electron chi connectivity index (χ3n) is 3.07. The van der Waals surface area contributed by atoms with Crippen molar-refractivity contribution >= 4 is 11.8 Å². The molecule has 0 aliphatic heterocycles. The first-order chi connectivity index (χ1) is 8.81. The molecule has 1 rings (SSSR count). The van der Waals surface area contributed by atoms with Crippen LogP contribution in [0.2, 0.25) is 0 Å². The van der Waals surface area contributed by atoms with E-state index >= 15 is 0 Å². The van der Waals surface area contributed by atoms with Crippen LogP contribution >= 0.6 is 11.8 Å². The second kappa shape index (κ2) is 9.02. The van der Waals surface area contributed by atoms with Gasteiger partial charge in [0.1, 0.15) is 0 Å². The van der Waals surface area contributed by atoms with Crippen molar-refractivity contribution in [1.82, 2.24) is 4.90 Å². The Morgan fingerprint density at radius 1 is 1.22 bits per heavy atom. The first-order valence-corrected chi connectivity index (χ1v) is 7.62. The van der Waals surface area contributed by atoms with E-state index in [0.29, 0.717) is 11.7 Å². The fourth-order valence-corrected chi connectivity index (χ4v) is 3.08. The maximum absolute atomic E-state index is 8.93. The minimum Gasteiger partial charge on any atom is -0.303 e. The van der Waals surface area contributed by atoms with Crippen molar-refractivity contribution in [3.63, 3.8) is 0 Å². The molecule has 98 valence electrons.